The summed E-state index contributed by atoms with van der Waals surface area (Å²) in [6.07, 6.45) is 0. The molecule has 0 saturated heterocycles. The van der Waals surface area contributed by atoms with E-state index in [4.69, 9.17) is 9.52 Å². The van der Waals surface area contributed by atoms with E-state index in [0.29, 0.717) is 18.1 Å². The monoisotopic (exact) mass is 259 g/mol. The largest absolute Gasteiger partial charge is 0.478 e. The molecule has 0 saturated carbocycles. The number of carbonyl (C=O) groups is 1. The van der Waals surface area contributed by atoms with Crippen LogP contribution in [-0.2, 0) is 6.54 Å². The van der Waals surface area contributed by atoms with E-state index >= 15 is 0 Å². The van der Waals surface area contributed by atoms with E-state index in [0.717, 1.165) is 5.69 Å². The van der Waals surface area contributed by atoms with Gasteiger partial charge < -0.3 is 14.4 Å². The predicted molar refractivity (Wildman–Crippen MR) is 73.7 cm³/mol. The Balaban J connectivity index is 2.17. The molecular formula is C15H17NO3. The Morgan fingerprint density at radius 2 is 2.05 bits per heavy atom. The average Bonchev–Trinajstić information content (AvgIpc) is 2.70. The Bertz CT molecular complexity index is 601. The maximum Gasteiger partial charge on any atom is 0.339 e. The normalized spacial score (nSPS) is 10.5. The fourth-order valence-electron chi connectivity index (χ4n) is 2.02. The topological polar surface area (TPSA) is 53.7 Å². The van der Waals surface area contributed by atoms with Gasteiger partial charge in [-0.05, 0) is 37.6 Å². The van der Waals surface area contributed by atoms with Gasteiger partial charge in [-0.3, -0.25) is 0 Å². The van der Waals surface area contributed by atoms with Crippen molar-refractivity contribution >= 4 is 11.7 Å². The number of hydrogen-bond acceptors (Lipinski definition) is 3. The van der Waals surface area contributed by atoms with Gasteiger partial charge in [0.15, 0.2) is 0 Å². The van der Waals surface area contributed by atoms with E-state index in [1.807, 2.05) is 37.1 Å². The first-order valence-electron chi connectivity index (χ1n) is 6.08. The number of nitrogens with zero attached hydrogens (tertiary/aromatic N) is 1. The standard InChI is InChI=1S/C15H17NO3/c1-10-5-4-6-12(7-10)16(3)9-13-8-14(15(17)18)11(2)19-13/h4-8H,9H2,1-3H3,(H,17,18). The number of benzene rings is 1. The van der Waals surface area contributed by atoms with Crippen molar-refractivity contribution in [2.45, 2.75) is 20.4 Å². The van der Waals surface area contributed by atoms with Crippen LogP contribution in [0.25, 0.3) is 0 Å². The molecule has 0 radical (unpaired) electrons. The molecule has 1 heterocycles. The van der Waals surface area contributed by atoms with E-state index in [-0.39, 0.29) is 5.56 Å². The third-order valence-corrected chi connectivity index (χ3v) is 3.03. The Hall–Kier alpha value is -2.23. The first-order valence-corrected chi connectivity index (χ1v) is 6.08. The molecule has 4 nitrogen and oxygen atoms in total. The highest BCUT2D eigenvalue weighted by atomic mass is 16.4. The third-order valence-electron chi connectivity index (χ3n) is 3.03. The first-order chi connectivity index (χ1) is 8.97. The van der Waals surface area contributed by atoms with Crippen LogP contribution in [0.5, 0.6) is 0 Å². The predicted octanol–water partition coefficient (Wildman–Crippen LogP) is 3.23. The number of furan rings is 1. The van der Waals surface area contributed by atoms with Crippen molar-refractivity contribution in [1.29, 1.82) is 0 Å². The number of carboxylic acids is 1. The zero-order chi connectivity index (χ0) is 14.0. The van der Waals surface area contributed by atoms with Crippen molar-refractivity contribution in [3.05, 3.63) is 53.0 Å². The molecule has 0 atom stereocenters. The number of carboxylic acid groups (broad SMARTS) is 1. The Morgan fingerprint density at radius 1 is 1.32 bits per heavy atom. The van der Waals surface area contributed by atoms with Gasteiger partial charge in [-0.25, -0.2) is 4.79 Å². The molecule has 4 heteroatoms. The summed E-state index contributed by atoms with van der Waals surface area (Å²) in [5.74, 6) is 0.143. The van der Waals surface area contributed by atoms with Crippen LogP contribution < -0.4 is 4.90 Å². The highest BCUT2D eigenvalue weighted by Crippen LogP contribution is 2.20. The van der Waals surface area contributed by atoms with E-state index in [1.165, 1.54) is 5.56 Å². The van der Waals surface area contributed by atoms with Gasteiger partial charge in [0, 0.05) is 12.7 Å². The van der Waals surface area contributed by atoms with Crippen LogP contribution in [0, 0.1) is 13.8 Å². The lowest BCUT2D eigenvalue weighted by molar-refractivity contribution is 0.0695. The molecule has 0 fully saturated rings. The zero-order valence-electron chi connectivity index (χ0n) is 11.3. The summed E-state index contributed by atoms with van der Waals surface area (Å²) < 4.78 is 5.48. The maximum absolute atomic E-state index is 11.0. The molecule has 0 unspecified atom stereocenters. The van der Waals surface area contributed by atoms with Gasteiger partial charge in [0.25, 0.3) is 0 Å². The molecule has 0 spiro atoms. The van der Waals surface area contributed by atoms with Crippen LogP contribution in [-0.4, -0.2) is 18.1 Å². The van der Waals surface area contributed by atoms with Crippen molar-refractivity contribution in [1.82, 2.24) is 0 Å². The average molecular weight is 259 g/mol. The summed E-state index contributed by atoms with van der Waals surface area (Å²) in [5, 5.41) is 8.99. The lowest BCUT2D eigenvalue weighted by Gasteiger charge is -2.18. The Morgan fingerprint density at radius 3 is 2.63 bits per heavy atom. The molecule has 19 heavy (non-hydrogen) atoms. The number of aryl methyl sites for hydroxylation is 2. The molecule has 0 aliphatic carbocycles. The first kappa shape index (κ1) is 13.2. The molecule has 1 aromatic heterocycles. The van der Waals surface area contributed by atoms with E-state index in [2.05, 4.69) is 6.07 Å². The number of rotatable bonds is 4. The van der Waals surface area contributed by atoms with E-state index in [9.17, 15) is 4.79 Å². The van der Waals surface area contributed by atoms with Gasteiger partial charge in [0.1, 0.15) is 17.1 Å². The molecule has 0 amide bonds. The van der Waals surface area contributed by atoms with Crippen LogP contribution in [0.1, 0.15) is 27.4 Å². The molecular weight excluding hydrogens is 242 g/mol. The maximum atomic E-state index is 11.0. The van der Waals surface area contributed by atoms with Crippen molar-refractivity contribution in [3.63, 3.8) is 0 Å². The number of aromatic carboxylic acids is 1. The van der Waals surface area contributed by atoms with Gasteiger partial charge in [-0.2, -0.15) is 0 Å². The second-order valence-corrected chi connectivity index (χ2v) is 4.68. The van der Waals surface area contributed by atoms with Gasteiger partial charge in [0.05, 0.1) is 6.54 Å². The molecule has 0 aliphatic heterocycles. The highest BCUT2D eigenvalue weighted by molar-refractivity contribution is 5.88. The summed E-state index contributed by atoms with van der Waals surface area (Å²) >= 11 is 0. The van der Waals surface area contributed by atoms with Crippen molar-refractivity contribution in [2.24, 2.45) is 0 Å². The minimum Gasteiger partial charge on any atom is -0.478 e. The van der Waals surface area contributed by atoms with Gasteiger partial charge in [0.2, 0.25) is 0 Å². The molecule has 2 rings (SSSR count). The number of anilines is 1. The van der Waals surface area contributed by atoms with Crippen molar-refractivity contribution < 1.29 is 14.3 Å². The lowest BCUT2D eigenvalue weighted by Crippen LogP contribution is -2.15. The summed E-state index contributed by atoms with van der Waals surface area (Å²) in [6, 6.07) is 9.72. The SMILES string of the molecule is Cc1cccc(N(C)Cc2cc(C(=O)O)c(C)o2)c1. The molecule has 0 aliphatic rings. The zero-order valence-corrected chi connectivity index (χ0v) is 11.3. The van der Waals surface area contributed by atoms with Crippen LogP contribution in [0.3, 0.4) is 0 Å². The molecule has 0 bridgehead atoms. The van der Waals surface area contributed by atoms with E-state index < -0.39 is 5.97 Å². The van der Waals surface area contributed by atoms with Gasteiger partial charge >= 0.3 is 5.97 Å². The molecule has 100 valence electrons. The second-order valence-electron chi connectivity index (χ2n) is 4.68. The third kappa shape index (κ3) is 2.96. The Kier molecular flexibility index (Phi) is 3.60. The minimum absolute atomic E-state index is 0.229. The lowest BCUT2D eigenvalue weighted by atomic mass is 10.2. The summed E-state index contributed by atoms with van der Waals surface area (Å²) in [5.41, 5.74) is 2.49. The fraction of sp³-hybridized carbons (Fsp3) is 0.267. The van der Waals surface area contributed by atoms with E-state index in [1.54, 1.807) is 13.0 Å². The van der Waals surface area contributed by atoms with Gasteiger partial charge in [-0.15, -0.1) is 0 Å². The summed E-state index contributed by atoms with van der Waals surface area (Å²) in [6.45, 7) is 4.24. The van der Waals surface area contributed by atoms with Crippen LogP contribution >= 0.6 is 0 Å². The fourth-order valence-corrected chi connectivity index (χ4v) is 2.02. The van der Waals surface area contributed by atoms with Crippen LogP contribution in [0.4, 0.5) is 5.69 Å². The van der Waals surface area contributed by atoms with Crippen molar-refractivity contribution in [3.8, 4) is 0 Å². The quantitative estimate of drug-likeness (QED) is 0.915. The second kappa shape index (κ2) is 5.18. The molecule has 2 aromatic rings. The molecule has 1 N–H and O–H groups in total. The summed E-state index contributed by atoms with van der Waals surface area (Å²) in [4.78, 5) is 13.0. The summed E-state index contributed by atoms with van der Waals surface area (Å²) in [7, 11) is 1.95. The van der Waals surface area contributed by atoms with Crippen molar-refractivity contribution in [2.75, 3.05) is 11.9 Å². The van der Waals surface area contributed by atoms with Gasteiger partial charge in [-0.1, -0.05) is 12.1 Å². The Labute approximate surface area is 112 Å². The smallest absolute Gasteiger partial charge is 0.339 e. The number of hydrogen-bond donors (Lipinski definition) is 1. The van der Waals surface area contributed by atoms with Crippen LogP contribution in [0.15, 0.2) is 34.7 Å². The van der Waals surface area contributed by atoms with Crippen LogP contribution in [0.2, 0.25) is 0 Å². The molecule has 1 aromatic carbocycles. The highest BCUT2D eigenvalue weighted by Gasteiger charge is 2.14. The minimum atomic E-state index is -0.953.